The molecule has 1 heterocycles. The zero-order valence-electron chi connectivity index (χ0n) is 14.4. The molecule has 0 bridgehead atoms. The highest BCUT2D eigenvalue weighted by molar-refractivity contribution is 6.28. The van der Waals surface area contributed by atoms with Gasteiger partial charge in [-0.15, -0.1) is 0 Å². The van der Waals surface area contributed by atoms with Crippen molar-refractivity contribution in [3.8, 4) is 0 Å². The molecule has 5 heteroatoms. The Kier molecular flexibility index (Phi) is 4.93. The lowest BCUT2D eigenvalue weighted by Gasteiger charge is -2.14. The van der Waals surface area contributed by atoms with Crippen LogP contribution in [0.1, 0.15) is 25.8 Å². The van der Waals surface area contributed by atoms with E-state index in [-0.39, 0.29) is 11.8 Å². The fourth-order valence-electron chi connectivity index (χ4n) is 2.93. The smallest absolute Gasteiger partial charge is 0.265 e. The minimum absolute atomic E-state index is 0.328. The van der Waals surface area contributed by atoms with Crippen LogP contribution in [0.15, 0.2) is 59.7 Å². The summed E-state index contributed by atoms with van der Waals surface area (Å²) < 4.78 is 0. The van der Waals surface area contributed by atoms with Gasteiger partial charge in [0.25, 0.3) is 5.91 Å². The van der Waals surface area contributed by atoms with Gasteiger partial charge in [-0.3, -0.25) is 9.59 Å². The topological polar surface area (TPSA) is 61.8 Å². The van der Waals surface area contributed by atoms with E-state index < -0.39 is 5.92 Å². The van der Waals surface area contributed by atoms with Crippen molar-refractivity contribution in [2.75, 3.05) is 10.3 Å². The number of nitrogens with zero attached hydrogens (tertiary/aromatic N) is 2. The van der Waals surface area contributed by atoms with E-state index in [1.165, 1.54) is 5.01 Å². The lowest BCUT2D eigenvalue weighted by molar-refractivity contribution is -0.127. The molecule has 0 saturated heterocycles. The van der Waals surface area contributed by atoms with Crippen molar-refractivity contribution in [3.63, 3.8) is 0 Å². The maximum Gasteiger partial charge on any atom is 0.265 e. The average Bonchev–Trinajstić information content (AvgIpc) is 2.91. The van der Waals surface area contributed by atoms with Crippen LogP contribution in [0, 0.1) is 5.92 Å². The van der Waals surface area contributed by atoms with Gasteiger partial charge in [-0.05, 0) is 43.2 Å². The molecule has 1 atom stereocenters. The Morgan fingerprint density at radius 2 is 1.92 bits per heavy atom. The van der Waals surface area contributed by atoms with Gasteiger partial charge in [0.1, 0.15) is 0 Å². The summed E-state index contributed by atoms with van der Waals surface area (Å²) in [5.74, 6) is -1.57. The Labute approximate surface area is 147 Å². The van der Waals surface area contributed by atoms with Crippen molar-refractivity contribution in [1.82, 2.24) is 0 Å². The zero-order chi connectivity index (χ0) is 17.8. The fourth-order valence-corrected chi connectivity index (χ4v) is 2.93. The summed E-state index contributed by atoms with van der Waals surface area (Å²) >= 11 is 0. The van der Waals surface area contributed by atoms with Gasteiger partial charge in [0.2, 0.25) is 5.91 Å². The predicted octanol–water partition coefficient (Wildman–Crippen LogP) is 3.62. The second kappa shape index (κ2) is 7.30. The molecule has 0 aromatic heterocycles. The van der Waals surface area contributed by atoms with E-state index in [0.29, 0.717) is 17.1 Å². The normalized spacial score (nSPS) is 16.7. The zero-order valence-corrected chi connectivity index (χ0v) is 14.4. The van der Waals surface area contributed by atoms with Gasteiger partial charge in [-0.25, -0.2) is 0 Å². The number of hydrogen-bond acceptors (Lipinski definition) is 3. The Balaban J connectivity index is 1.76. The molecule has 1 N–H and O–H groups in total. The van der Waals surface area contributed by atoms with Crippen LogP contribution in [0.3, 0.4) is 0 Å². The highest BCUT2D eigenvalue weighted by Gasteiger charge is 2.39. The quantitative estimate of drug-likeness (QED) is 0.848. The van der Waals surface area contributed by atoms with E-state index in [1.54, 1.807) is 19.1 Å². The predicted molar refractivity (Wildman–Crippen MR) is 99.6 cm³/mol. The van der Waals surface area contributed by atoms with Gasteiger partial charge in [0, 0.05) is 5.69 Å². The van der Waals surface area contributed by atoms with Crippen LogP contribution in [0.25, 0.3) is 0 Å². The molecular weight excluding hydrogens is 314 g/mol. The molecule has 0 fully saturated rings. The number of amides is 2. The summed E-state index contributed by atoms with van der Waals surface area (Å²) in [7, 11) is 0. The van der Waals surface area contributed by atoms with Gasteiger partial charge in [0.15, 0.2) is 5.92 Å². The minimum atomic E-state index is -0.893. The van der Waals surface area contributed by atoms with Crippen LogP contribution < -0.4 is 10.3 Å². The molecule has 2 aromatic carbocycles. The van der Waals surface area contributed by atoms with Crippen LogP contribution >= 0.6 is 0 Å². The van der Waals surface area contributed by atoms with Gasteiger partial charge >= 0.3 is 0 Å². The third-order valence-electron chi connectivity index (χ3n) is 4.13. The lowest BCUT2D eigenvalue weighted by Crippen LogP contribution is -2.36. The SMILES string of the molecule is CCCc1cccc(NC(=O)C2C(=O)N(c3ccccc3)N=C2C)c1. The molecule has 1 unspecified atom stereocenters. The van der Waals surface area contributed by atoms with Crippen LogP contribution in [-0.4, -0.2) is 17.5 Å². The molecule has 2 aromatic rings. The third kappa shape index (κ3) is 3.60. The first kappa shape index (κ1) is 16.9. The Morgan fingerprint density at radius 3 is 2.64 bits per heavy atom. The number of carbonyl (C=O) groups excluding carboxylic acids is 2. The number of hydrogen-bond donors (Lipinski definition) is 1. The van der Waals surface area contributed by atoms with Crippen LogP contribution in [-0.2, 0) is 16.0 Å². The number of para-hydroxylation sites is 1. The maximum atomic E-state index is 12.7. The molecule has 0 aliphatic carbocycles. The van der Waals surface area contributed by atoms with Crippen molar-refractivity contribution in [1.29, 1.82) is 0 Å². The van der Waals surface area contributed by atoms with Crippen LogP contribution in [0.4, 0.5) is 11.4 Å². The molecule has 0 saturated carbocycles. The third-order valence-corrected chi connectivity index (χ3v) is 4.13. The summed E-state index contributed by atoms with van der Waals surface area (Å²) in [5.41, 5.74) is 3.02. The Morgan fingerprint density at radius 1 is 1.16 bits per heavy atom. The largest absolute Gasteiger partial charge is 0.325 e. The monoisotopic (exact) mass is 335 g/mol. The number of aryl methyl sites for hydroxylation is 1. The standard InChI is InChI=1S/C20H21N3O2/c1-3-8-15-9-7-10-16(13-15)21-19(24)18-14(2)22-23(20(18)25)17-11-5-4-6-12-17/h4-7,9-13,18H,3,8H2,1-2H3,(H,21,24). The van der Waals surface area contributed by atoms with E-state index in [2.05, 4.69) is 17.3 Å². The number of nitrogens with one attached hydrogen (secondary N) is 1. The summed E-state index contributed by atoms with van der Waals surface area (Å²) in [6, 6.07) is 16.8. The molecule has 2 amide bonds. The van der Waals surface area contributed by atoms with Crippen molar-refractivity contribution in [3.05, 3.63) is 60.2 Å². The molecule has 3 rings (SSSR count). The van der Waals surface area contributed by atoms with E-state index in [0.717, 1.165) is 18.4 Å². The molecular formula is C20H21N3O2. The summed E-state index contributed by atoms with van der Waals surface area (Å²) in [6.45, 7) is 3.82. The highest BCUT2D eigenvalue weighted by Crippen LogP contribution is 2.24. The molecule has 25 heavy (non-hydrogen) atoms. The lowest BCUT2D eigenvalue weighted by atomic mass is 10.0. The van der Waals surface area contributed by atoms with Crippen molar-refractivity contribution in [2.45, 2.75) is 26.7 Å². The first-order valence-corrected chi connectivity index (χ1v) is 8.44. The van der Waals surface area contributed by atoms with Gasteiger partial charge in [0.05, 0.1) is 11.4 Å². The molecule has 128 valence electrons. The number of carbonyl (C=O) groups is 2. The van der Waals surface area contributed by atoms with E-state index in [4.69, 9.17) is 0 Å². The molecule has 1 aliphatic rings. The second-order valence-corrected chi connectivity index (χ2v) is 6.10. The molecule has 0 radical (unpaired) electrons. The van der Waals surface area contributed by atoms with E-state index in [1.807, 2.05) is 42.5 Å². The highest BCUT2D eigenvalue weighted by atomic mass is 16.2. The van der Waals surface area contributed by atoms with Crippen molar-refractivity contribution >= 4 is 28.9 Å². The average molecular weight is 335 g/mol. The molecule has 5 nitrogen and oxygen atoms in total. The maximum absolute atomic E-state index is 12.7. The summed E-state index contributed by atoms with van der Waals surface area (Å²) in [4.78, 5) is 25.3. The van der Waals surface area contributed by atoms with Gasteiger partial charge < -0.3 is 5.32 Å². The Hall–Kier alpha value is -2.95. The molecule has 1 aliphatic heterocycles. The molecule has 0 spiro atoms. The van der Waals surface area contributed by atoms with E-state index in [9.17, 15) is 9.59 Å². The second-order valence-electron chi connectivity index (χ2n) is 6.10. The number of hydrazone groups is 1. The van der Waals surface area contributed by atoms with Gasteiger partial charge in [-0.2, -0.15) is 10.1 Å². The first-order valence-electron chi connectivity index (χ1n) is 8.44. The Bertz CT molecular complexity index is 815. The number of anilines is 2. The minimum Gasteiger partial charge on any atom is -0.325 e. The first-order chi connectivity index (χ1) is 12.1. The fraction of sp³-hybridized carbons (Fsp3) is 0.250. The van der Waals surface area contributed by atoms with Crippen molar-refractivity contribution < 1.29 is 9.59 Å². The van der Waals surface area contributed by atoms with Gasteiger partial charge in [-0.1, -0.05) is 43.7 Å². The van der Waals surface area contributed by atoms with Crippen LogP contribution in [0.2, 0.25) is 0 Å². The number of benzene rings is 2. The van der Waals surface area contributed by atoms with Crippen LogP contribution in [0.5, 0.6) is 0 Å². The number of rotatable bonds is 5. The summed E-state index contributed by atoms with van der Waals surface area (Å²) in [5, 5.41) is 8.42. The van der Waals surface area contributed by atoms with Crippen molar-refractivity contribution in [2.24, 2.45) is 11.0 Å². The summed E-state index contributed by atoms with van der Waals surface area (Å²) in [6.07, 6.45) is 1.99. The van der Waals surface area contributed by atoms with E-state index >= 15 is 0 Å².